The van der Waals surface area contributed by atoms with Crippen LogP contribution in [-0.4, -0.2) is 0 Å². The highest BCUT2D eigenvalue weighted by atomic mass is 14.2. The van der Waals surface area contributed by atoms with Gasteiger partial charge in [0.1, 0.15) is 0 Å². The third-order valence-electron chi connectivity index (χ3n) is 3.76. The number of rotatable bonds is 11. The second-order valence-corrected chi connectivity index (χ2v) is 6.66. The third-order valence-corrected chi connectivity index (χ3v) is 3.76. The molecule has 0 saturated heterocycles. The standard InChI is InChI=1S/C17H36/c1-6-7-8-11-17(14-13-16(4)5)12-9-10-15(2)3/h15-17H,6-14H2,1-5H3. The van der Waals surface area contributed by atoms with Crippen LogP contribution < -0.4 is 0 Å². The molecule has 0 aliphatic carbocycles. The van der Waals surface area contributed by atoms with Crippen LogP contribution >= 0.6 is 0 Å². The average Bonchev–Trinajstić information content (AvgIpc) is 2.24. The van der Waals surface area contributed by atoms with Crippen LogP contribution in [0.5, 0.6) is 0 Å². The smallest absolute Gasteiger partial charge is 0.0414 e. The van der Waals surface area contributed by atoms with Gasteiger partial charge in [0.15, 0.2) is 0 Å². The lowest BCUT2D eigenvalue weighted by Crippen LogP contribution is -2.04. The van der Waals surface area contributed by atoms with E-state index >= 15 is 0 Å². The zero-order valence-corrected chi connectivity index (χ0v) is 13.1. The Bertz CT molecular complexity index is 146. The van der Waals surface area contributed by atoms with E-state index in [4.69, 9.17) is 0 Å². The second kappa shape index (κ2) is 11.1. The van der Waals surface area contributed by atoms with Crippen LogP contribution in [0, 0.1) is 17.8 Å². The molecule has 0 radical (unpaired) electrons. The second-order valence-electron chi connectivity index (χ2n) is 6.66. The van der Waals surface area contributed by atoms with E-state index in [9.17, 15) is 0 Å². The molecule has 0 heteroatoms. The molecule has 0 aliphatic heterocycles. The molecule has 17 heavy (non-hydrogen) atoms. The molecule has 0 spiro atoms. The summed E-state index contributed by atoms with van der Waals surface area (Å²) in [6.07, 6.45) is 13.0. The molecule has 0 heterocycles. The molecule has 0 nitrogen and oxygen atoms in total. The van der Waals surface area contributed by atoms with Gasteiger partial charge in [0, 0.05) is 0 Å². The predicted octanol–water partition coefficient (Wildman–Crippen LogP) is 6.45. The van der Waals surface area contributed by atoms with Gasteiger partial charge in [-0.3, -0.25) is 0 Å². The van der Waals surface area contributed by atoms with Crippen molar-refractivity contribution in [1.29, 1.82) is 0 Å². The molecule has 0 amide bonds. The lowest BCUT2D eigenvalue weighted by Gasteiger charge is -2.18. The minimum atomic E-state index is 0.883. The quantitative estimate of drug-likeness (QED) is 0.364. The zero-order valence-electron chi connectivity index (χ0n) is 13.1. The first-order valence-corrected chi connectivity index (χ1v) is 8.06. The first-order chi connectivity index (χ1) is 8.06. The van der Waals surface area contributed by atoms with Crippen molar-refractivity contribution in [3.05, 3.63) is 0 Å². The SMILES string of the molecule is CCCCCC(CCCC(C)C)CCC(C)C. The molecule has 0 N–H and O–H groups in total. The number of hydrogen-bond donors (Lipinski definition) is 0. The van der Waals surface area contributed by atoms with Gasteiger partial charge >= 0.3 is 0 Å². The van der Waals surface area contributed by atoms with Crippen molar-refractivity contribution in [2.45, 2.75) is 92.4 Å². The lowest BCUT2D eigenvalue weighted by atomic mass is 9.88. The fraction of sp³-hybridized carbons (Fsp3) is 1.00. The van der Waals surface area contributed by atoms with Gasteiger partial charge in [0.2, 0.25) is 0 Å². The van der Waals surface area contributed by atoms with Gasteiger partial charge in [-0.25, -0.2) is 0 Å². The monoisotopic (exact) mass is 240 g/mol. The molecule has 0 rings (SSSR count). The molecular weight excluding hydrogens is 204 g/mol. The Morgan fingerprint density at radius 2 is 1.18 bits per heavy atom. The fourth-order valence-corrected chi connectivity index (χ4v) is 2.50. The lowest BCUT2D eigenvalue weighted by molar-refractivity contribution is 0.347. The topological polar surface area (TPSA) is 0 Å². The van der Waals surface area contributed by atoms with E-state index in [1.807, 2.05) is 0 Å². The molecule has 0 aromatic carbocycles. The van der Waals surface area contributed by atoms with Crippen LogP contribution in [0.1, 0.15) is 92.4 Å². The van der Waals surface area contributed by atoms with Crippen molar-refractivity contribution < 1.29 is 0 Å². The Kier molecular flexibility index (Phi) is 11.1. The molecule has 0 bridgehead atoms. The largest absolute Gasteiger partial charge is 0.0654 e. The van der Waals surface area contributed by atoms with E-state index in [-0.39, 0.29) is 0 Å². The number of hydrogen-bond acceptors (Lipinski definition) is 0. The van der Waals surface area contributed by atoms with Crippen molar-refractivity contribution in [3.63, 3.8) is 0 Å². The Labute approximate surface area is 111 Å². The Balaban J connectivity index is 3.75. The van der Waals surface area contributed by atoms with Gasteiger partial charge in [-0.1, -0.05) is 92.4 Å². The molecule has 0 aromatic heterocycles. The first kappa shape index (κ1) is 17.0. The van der Waals surface area contributed by atoms with E-state index in [0.29, 0.717) is 0 Å². The molecule has 1 unspecified atom stereocenters. The Hall–Kier alpha value is 0. The van der Waals surface area contributed by atoms with E-state index < -0.39 is 0 Å². The highest BCUT2D eigenvalue weighted by Gasteiger charge is 2.09. The van der Waals surface area contributed by atoms with Crippen LogP contribution in [-0.2, 0) is 0 Å². The predicted molar refractivity (Wildman–Crippen MR) is 80.4 cm³/mol. The van der Waals surface area contributed by atoms with Crippen LogP contribution in [0.4, 0.5) is 0 Å². The maximum absolute atomic E-state index is 2.36. The summed E-state index contributed by atoms with van der Waals surface area (Å²) >= 11 is 0. The Morgan fingerprint density at radius 3 is 1.71 bits per heavy atom. The molecule has 1 atom stereocenters. The summed E-state index contributed by atoms with van der Waals surface area (Å²) in [5.41, 5.74) is 0. The Morgan fingerprint density at radius 1 is 0.588 bits per heavy atom. The molecule has 0 aromatic rings. The minimum Gasteiger partial charge on any atom is -0.0654 e. The van der Waals surface area contributed by atoms with Crippen LogP contribution in [0.25, 0.3) is 0 Å². The molecule has 0 fully saturated rings. The van der Waals surface area contributed by atoms with Gasteiger partial charge in [-0.2, -0.15) is 0 Å². The van der Waals surface area contributed by atoms with Gasteiger partial charge < -0.3 is 0 Å². The molecular formula is C17H36. The van der Waals surface area contributed by atoms with Gasteiger partial charge in [-0.15, -0.1) is 0 Å². The maximum Gasteiger partial charge on any atom is -0.0414 e. The van der Waals surface area contributed by atoms with Crippen molar-refractivity contribution >= 4 is 0 Å². The van der Waals surface area contributed by atoms with Gasteiger partial charge in [0.25, 0.3) is 0 Å². The van der Waals surface area contributed by atoms with Crippen LogP contribution in [0.2, 0.25) is 0 Å². The molecule has 0 aliphatic rings. The van der Waals surface area contributed by atoms with Crippen molar-refractivity contribution in [1.82, 2.24) is 0 Å². The van der Waals surface area contributed by atoms with Crippen molar-refractivity contribution in [2.24, 2.45) is 17.8 Å². The molecule has 0 saturated carbocycles. The summed E-state index contributed by atoms with van der Waals surface area (Å²) in [7, 11) is 0. The normalized spacial score (nSPS) is 13.6. The van der Waals surface area contributed by atoms with E-state index in [1.165, 1.54) is 57.8 Å². The van der Waals surface area contributed by atoms with Gasteiger partial charge in [0.05, 0.1) is 0 Å². The summed E-state index contributed by atoms with van der Waals surface area (Å²) in [5, 5.41) is 0. The van der Waals surface area contributed by atoms with Crippen LogP contribution in [0.15, 0.2) is 0 Å². The summed E-state index contributed by atoms with van der Waals surface area (Å²) in [6.45, 7) is 11.7. The molecule has 104 valence electrons. The first-order valence-electron chi connectivity index (χ1n) is 8.06. The zero-order chi connectivity index (χ0) is 13.1. The summed E-state index contributed by atoms with van der Waals surface area (Å²) in [5.74, 6) is 2.79. The average molecular weight is 240 g/mol. The summed E-state index contributed by atoms with van der Waals surface area (Å²) in [6, 6.07) is 0. The fourth-order valence-electron chi connectivity index (χ4n) is 2.50. The highest BCUT2D eigenvalue weighted by Crippen LogP contribution is 2.24. The number of unbranched alkanes of at least 4 members (excludes halogenated alkanes) is 2. The minimum absolute atomic E-state index is 0.883. The van der Waals surface area contributed by atoms with E-state index in [2.05, 4.69) is 34.6 Å². The third kappa shape index (κ3) is 12.2. The van der Waals surface area contributed by atoms with E-state index in [1.54, 1.807) is 0 Å². The van der Waals surface area contributed by atoms with E-state index in [0.717, 1.165) is 17.8 Å². The van der Waals surface area contributed by atoms with Gasteiger partial charge in [-0.05, 0) is 17.8 Å². The summed E-state index contributed by atoms with van der Waals surface area (Å²) in [4.78, 5) is 0. The highest BCUT2D eigenvalue weighted by molar-refractivity contribution is 4.62. The van der Waals surface area contributed by atoms with Crippen molar-refractivity contribution in [3.8, 4) is 0 Å². The van der Waals surface area contributed by atoms with Crippen LogP contribution in [0.3, 0.4) is 0 Å². The maximum atomic E-state index is 2.36. The summed E-state index contributed by atoms with van der Waals surface area (Å²) < 4.78 is 0. The van der Waals surface area contributed by atoms with Crippen molar-refractivity contribution in [2.75, 3.05) is 0 Å².